The molecule has 0 fully saturated rings. The molecule has 0 bridgehead atoms. The minimum Gasteiger partial charge on any atom is -0.480 e. The van der Waals surface area contributed by atoms with Crippen molar-refractivity contribution < 1.29 is 24.2 Å². The van der Waals surface area contributed by atoms with Crippen LogP contribution in [-0.2, 0) is 20.7 Å². The number of H-pyrrole nitrogens is 2. The number of aromatic amines is 2. The number of alkyl carbamates (subject to hydrolysis) is 1. The number of carboxylic acids is 1. The molecular weight excluding hydrogens is 332 g/mol. The van der Waals surface area contributed by atoms with Gasteiger partial charge in [0.1, 0.15) is 17.2 Å². The number of hydrogen-bond acceptors (Lipinski definition) is 5. The summed E-state index contributed by atoms with van der Waals surface area (Å²) in [5, 5.41) is 13.9. The van der Waals surface area contributed by atoms with Crippen LogP contribution in [0.15, 0.2) is 11.0 Å². The number of aromatic nitrogens is 2. The van der Waals surface area contributed by atoms with Crippen molar-refractivity contribution in [1.82, 2.24) is 20.6 Å². The number of ether oxygens (including phenoxy) is 1. The second-order valence-electron chi connectivity index (χ2n) is 7.09. The van der Waals surface area contributed by atoms with Crippen molar-refractivity contribution in [2.24, 2.45) is 0 Å². The molecule has 1 heterocycles. The molecule has 0 saturated carbocycles. The van der Waals surface area contributed by atoms with E-state index in [1.807, 2.05) is 0 Å². The monoisotopic (exact) mass is 356 g/mol. The Labute approximate surface area is 144 Å². The van der Waals surface area contributed by atoms with E-state index in [1.165, 1.54) is 20.0 Å². The first-order chi connectivity index (χ1) is 11.3. The first-order valence-electron chi connectivity index (χ1n) is 7.61. The van der Waals surface area contributed by atoms with Crippen LogP contribution in [0.2, 0.25) is 0 Å². The van der Waals surface area contributed by atoms with Crippen molar-refractivity contribution >= 4 is 18.0 Å². The standard InChI is InChI=1S/C15H24N4O6/c1-14(2,3)25-13(24)18-9(6-8-7-16-12(23)17-8)10(20)19-15(4,5)11(21)22/h7,9H,6H2,1-5H3,(H,18,24)(H,19,20)(H,21,22)(H2,16,17,23)/t9-/m0/s1. The lowest BCUT2D eigenvalue weighted by atomic mass is 10.0. The summed E-state index contributed by atoms with van der Waals surface area (Å²) in [4.78, 5) is 51.6. The highest BCUT2D eigenvalue weighted by Crippen LogP contribution is 2.09. The largest absolute Gasteiger partial charge is 0.480 e. The van der Waals surface area contributed by atoms with E-state index in [-0.39, 0.29) is 6.42 Å². The predicted octanol–water partition coefficient (Wildman–Crippen LogP) is 0.118. The third-order valence-electron chi connectivity index (χ3n) is 3.05. The number of nitrogens with one attached hydrogen (secondary N) is 4. The van der Waals surface area contributed by atoms with Gasteiger partial charge in [0.05, 0.1) is 0 Å². The van der Waals surface area contributed by atoms with Crippen molar-refractivity contribution in [3.63, 3.8) is 0 Å². The Kier molecular flexibility index (Phi) is 6.01. The maximum atomic E-state index is 12.4. The van der Waals surface area contributed by atoms with Gasteiger partial charge >= 0.3 is 17.8 Å². The van der Waals surface area contributed by atoms with E-state index >= 15 is 0 Å². The van der Waals surface area contributed by atoms with Crippen LogP contribution < -0.4 is 16.3 Å². The zero-order chi connectivity index (χ0) is 19.4. The van der Waals surface area contributed by atoms with Crippen molar-refractivity contribution in [2.45, 2.75) is 58.2 Å². The van der Waals surface area contributed by atoms with Crippen molar-refractivity contribution in [3.05, 3.63) is 22.4 Å². The van der Waals surface area contributed by atoms with Gasteiger partial charge in [0, 0.05) is 18.3 Å². The molecule has 1 aromatic heterocycles. The van der Waals surface area contributed by atoms with Crippen molar-refractivity contribution in [3.8, 4) is 0 Å². The van der Waals surface area contributed by atoms with E-state index in [0.29, 0.717) is 5.69 Å². The number of aliphatic carboxylic acids is 1. The average Bonchev–Trinajstić information content (AvgIpc) is 2.80. The Morgan fingerprint density at radius 1 is 1.24 bits per heavy atom. The summed E-state index contributed by atoms with van der Waals surface area (Å²) in [6.45, 7) is 7.63. The van der Waals surface area contributed by atoms with Gasteiger partial charge < -0.3 is 30.4 Å². The number of imidazole rings is 1. The SMILES string of the molecule is CC(C)(C)OC(=O)N[C@@H](Cc1c[nH]c(=O)[nH]1)C(=O)NC(C)(C)C(=O)O. The van der Waals surface area contributed by atoms with Crippen LogP contribution in [0.3, 0.4) is 0 Å². The molecule has 0 aliphatic rings. The minimum absolute atomic E-state index is 0.0560. The topological polar surface area (TPSA) is 153 Å². The highest BCUT2D eigenvalue weighted by molar-refractivity contribution is 5.91. The van der Waals surface area contributed by atoms with Crippen LogP contribution >= 0.6 is 0 Å². The zero-order valence-electron chi connectivity index (χ0n) is 14.9. The second kappa shape index (κ2) is 7.41. The summed E-state index contributed by atoms with van der Waals surface area (Å²) in [6.07, 6.45) is 0.472. The Bertz CT molecular complexity index is 697. The first kappa shape index (κ1) is 20.3. The summed E-state index contributed by atoms with van der Waals surface area (Å²) in [7, 11) is 0. The van der Waals surface area contributed by atoms with Crippen LogP contribution in [0.4, 0.5) is 4.79 Å². The molecule has 0 radical (unpaired) electrons. The van der Waals surface area contributed by atoms with Crippen LogP contribution in [0.25, 0.3) is 0 Å². The molecule has 0 spiro atoms. The molecule has 5 N–H and O–H groups in total. The highest BCUT2D eigenvalue weighted by Gasteiger charge is 2.33. The number of carbonyl (C=O) groups excluding carboxylic acids is 2. The molecule has 2 amide bonds. The van der Waals surface area contributed by atoms with Crippen LogP contribution in [0, 0.1) is 0 Å². The lowest BCUT2D eigenvalue weighted by molar-refractivity contribution is -0.146. The van der Waals surface area contributed by atoms with E-state index in [1.54, 1.807) is 20.8 Å². The molecule has 0 aliphatic carbocycles. The highest BCUT2D eigenvalue weighted by atomic mass is 16.6. The minimum atomic E-state index is -1.53. The molecule has 140 valence electrons. The van der Waals surface area contributed by atoms with Crippen LogP contribution in [0.5, 0.6) is 0 Å². The summed E-state index contributed by atoms with van der Waals surface area (Å²) in [5.41, 5.74) is -2.39. The number of amides is 2. The van der Waals surface area contributed by atoms with E-state index in [0.717, 1.165) is 0 Å². The number of rotatable bonds is 6. The molecule has 25 heavy (non-hydrogen) atoms. The normalized spacial score (nSPS) is 13.0. The molecule has 1 aromatic rings. The molecule has 0 unspecified atom stereocenters. The van der Waals surface area contributed by atoms with Crippen LogP contribution in [0.1, 0.15) is 40.3 Å². The molecule has 1 atom stereocenters. The first-order valence-corrected chi connectivity index (χ1v) is 7.61. The molecule has 10 nitrogen and oxygen atoms in total. The molecule has 0 aromatic carbocycles. The zero-order valence-corrected chi connectivity index (χ0v) is 14.9. The van der Waals surface area contributed by atoms with Crippen molar-refractivity contribution in [2.75, 3.05) is 0 Å². The Morgan fingerprint density at radius 2 is 1.84 bits per heavy atom. The third kappa shape index (κ3) is 6.69. The summed E-state index contributed by atoms with van der Waals surface area (Å²) in [5.74, 6) is -1.95. The van der Waals surface area contributed by atoms with Gasteiger partial charge in [-0.05, 0) is 34.6 Å². The molecule has 0 aliphatic heterocycles. The lowest BCUT2D eigenvalue weighted by Gasteiger charge is -2.26. The van der Waals surface area contributed by atoms with Gasteiger partial charge in [0.25, 0.3) is 0 Å². The Morgan fingerprint density at radius 3 is 2.28 bits per heavy atom. The maximum absolute atomic E-state index is 12.4. The van der Waals surface area contributed by atoms with Gasteiger partial charge in [0.15, 0.2) is 0 Å². The fraction of sp³-hybridized carbons (Fsp3) is 0.600. The number of carbonyl (C=O) groups is 3. The molecule has 0 saturated heterocycles. The van der Waals surface area contributed by atoms with E-state index in [9.17, 15) is 19.2 Å². The Balaban J connectivity index is 2.93. The summed E-state index contributed by atoms with van der Waals surface area (Å²) in [6, 6.07) is -1.14. The predicted molar refractivity (Wildman–Crippen MR) is 88.1 cm³/mol. The Hall–Kier alpha value is -2.78. The quantitative estimate of drug-likeness (QED) is 0.488. The van der Waals surface area contributed by atoms with Gasteiger partial charge in [0.2, 0.25) is 5.91 Å². The molecule has 10 heteroatoms. The van der Waals surface area contributed by atoms with Crippen LogP contribution in [-0.4, -0.2) is 50.2 Å². The second-order valence-corrected chi connectivity index (χ2v) is 7.09. The van der Waals surface area contributed by atoms with Gasteiger partial charge in [-0.15, -0.1) is 0 Å². The van der Waals surface area contributed by atoms with Crippen molar-refractivity contribution in [1.29, 1.82) is 0 Å². The number of carboxylic acid groups (broad SMARTS) is 1. The molecule has 1 rings (SSSR count). The summed E-state index contributed by atoms with van der Waals surface area (Å²) < 4.78 is 5.11. The lowest BCUT2D eigenvalue weighted by Crippen LogP contribution is -2.57. The molecular formula is C15H24N4O6. The third-order valence-corrected chi connectivity index (χ3v) is 3.05. The van der Waals surface area contributed by atoms with E-state index < -0.39 is 40.8 Å². The smallest absolute Gasteiger partial charge is 0.408 e. The van der Waals surface area contributed by atoms with Gasteiger partial charge in [-0.3, -0.25) is 4.79 Å². The van der Waals surface area contributed by atoms with Gasteiger partial charge in [-0.1, -0.05) is 0 Å². The van der Waals surface area contributed by atoms with Gasteiger partial charge in [-0.25, -0.2) is 14.4 Å². The van der Waals surface area contributed by atoms with E-state index in [4.69, 9.17) is 9.84 Å². The fourth-order valence-electron chi connectivity index (χ4n) is 1.81. The fourth-order valence-corrected chi connectivity index (χ4v) is 1.81. The maximum Gasteiger partial charge on any atom is 0.408 e. The summed E-state index contributed by atoms with van der Waals surface area (Å²) >= 11 is 0. The van der Waals surface area contributed by atoms with Gasteiger partial charge in [-0.2, -0.15) is 0 Å². The average molecular weight is 356 g/mol. The number of hydrogen-bond donors (Lipinski definition) is 5. The van der Waals surface area contributed by atoms with E-state index in [2.05, 4.69) is 20.6 Å².